The highest BCUT2D eigenvalue weighted by atomic mass is 35.5. The third-order valence-corrected chi connectivity index (χ3v) is 6.01. The minimum absolute atomic E-state index is 0. The van der Waals surface area contributed by atoms with Gasteiger partial charge in [-0.25, -0.2) is 26.5 Å². The molecule has 0 bridgehead atoms. The van der Waals surface area contributed by atoms with E-state index < -0.39 is 19.9 Å². The molecule has 7 nitrogen and oxygen atoms in total. The number of hydrogen-bond donors (Lipinski definition) is 2. The van der Waals surface area contributed by atoms with Gasteiger partial charge in [0.2, 0.25) is 10.0 Å². The van der Waals surface area contributed by atoms with Gasteiger partial charge in [-0.3, -0.25) is 0 Å². The highest BCUT2D eigenvalue weighted by Gasteiger charge is 2.27. The molecule has 126 valence electrons. The maximum Gasteiger partial charge on any atom is 0.242 e. The molecule has 0 aliphatic carbocycles. The first-order valence-corrected chi connectivity index (χ1v) is 9.97. The molecule has 2 heterocycles. The third-order valence-electron chi connectivity index (χ3n) is 3.53. The fourth-order valence-electron chi connectivity index (χ4n) is 2.16. The van der Waals surface area contributed by atoms with Crippen LogP contribution in [0.1, 0.15) is 13.3 Å². The van der Waals surface area contributed by atoms with Crippen molar-refractivity contribution in [2.24, 2.45) is 5.92 Å². The van der Waals surface area contributed by atoms with E-state index in [2.05, 4.69) is 15.0 Å². The summed E-state index contributed by atoms with van der Waals surface area (Å²) in [5.41, 5.74) is 0. The Labute approximate surface area is 137 Å². The largest absolute Gasteiger partial charge is 0.315 e. The van der Waals surface area contributed by atoms with E-state index >= 15 is 0 Å². The number of piperidine rings is 1. The van der Waals surface area contributed by atoms with E-state index in [9.17, 15) is 16.8 Å². The number of sulfonamides is 1. The highest BCUT2D eigenvalue weighted by Crippen LogP contribution is 2.16. The van der Waals surface area contributed by atoms with E-state index in [-0.39, 0.29) is 34.3 Å². The highest BCUT2D eigenvalue weighted by molar-refractivity contribution is 7.90. The Morgan fingerprint density at radius 2 is 1.95 bits per heavy atom. The number of halogens is 1. The number of nitrogens with one attached hydrogen (secondary N) is 2. The molecular formula is C12H20ClN3O4S2. The van der Waals surface area contributed by atoms with Gasteiger partial charge in [-0.05, 0) is 31.0 Å². The average molecular weight is 370 g/mol. The molecule has 0 aromatic carbocycles. The van der Waals surface area contributed by atoms with E-state index in [4.69, 9.17) is 0 Å². The van der Waals surface area contributed by atoms with Crippen molar-refractivity contribution in [3.8, 4) is 0 Å². The lowest BCUT2D eigenvalue weighted by atomic mass is 9.96. The summed E-state index contributed by atoms with van der Waals surface area (Å²) in [5, 5.41) is 3.00. The maximum atomic E-state index is 12.3. The zero-order chi connectivity index (χ0) is 15.7. The van der Waals surface area contributed by atoms with Crippen molar-refractivity contribution in [2.45, 2.75) is 29.3 Å². The van der Waals surface area contributed by atoms with Gasteiger partial charge < -0.3 is 5.32 Å². The van der Waals surface area contributed by atoms with Crippen LogP contribution in [0.15, 0.2) is 28.3 Å². The molecule has 22 heavy (non-hydrogen) atoms. The zero-order valence-corrected chi connectivity index (χ0v) is 14.8. The minimum Gasteiger partial charge on any atom is -0.315 e. The summed E-state index contributed by atoms with van der Waals surface area (Å²) in [6.07, 6.45) is 3.00. The predicted molar refractivity (Wildman–Crippen MR) is 85.4 cm³/mol. The SMILES string of the molecule is CC1CCNCC1NS(=O)(=O)c1ccc(S(C)(=O)=O)nc1.Cl. The maximum absolute atomic E-state index is 12.3. The molecule has 1 saturated heterocycles. The summed E-state index contributed by atoms with van der Waals surface area (Å²) in [6, 6.07) is 2.28. The third kappa shape index (κ3) is 4.63. The van der Waals surface area contributed by atoms with Gasteiger partial charge in [0.1, 0.15) is 4.90 Å². The first kappa shape index (κ1) is 19.3. The van der Waals surface area contributed by atoms with Crippen LogP contribution in [-0.2, 0) is 19.9 Å². The van der Waals surface area contributed by atoms with Crippen molar-refractivity contribution in [3.63, 3.8) is 0 Å². The molecule has 1 aliphatic heterocycles. The van der Waals surface area contributed by atoms with Gasteiger partial charge in [-0.1, -0.05) is 6.92 Å². The molecule has 2 unspecified atom stereocenters. The molecule has 0 spiro atoms. The van der Waals surface area contributed by atoms with Gasteiger partial charge >= 0.3 is 0 Å². The molecular weight excluding hydrogens is 350 g/mol. The first-order valence-electron chi connectivity index (χ1n) is 6.59. The number of hydrogen-bond acceptors (Lipinski definition) is 6. The Kier molecular flexibility index (Phi) is 6.34. The summed E-state index contributed by atoms with van der Waals surface area (Å²) in [5.74, 6) is 0.240. The Morgan fingerprint density at radius 3 is 2.45 bits per heavy atom. The number of sulfone groups is 1. The van der Waals surface area contributed by atoms with Gasteiger partial charge in [-0.15, -0.1) is 12.4 Å². The molecule has 0 radical (unpaired) electrons. The molecule has 1 fully saturated rings. The fourth-order valence-corrected chi connectivity index (χ4v) is 4.01. The van der Waals surface area contributed by atoms with Crippen molar-refractivity contribution in [2.75, 3.05) is 19.3 Å². The van der Waals surface area contributed by atoms with E-state index in [0.29, 0.717) is 6.54 Å². The molecule has 1 aliphatic rings. The number of rotatable bonds is 4. The zero-order valence-electron chi connectivity index (χ0n) is 12.3. The molecule has 0 saturated carbocycles. The van der Waals surface area contributed by atoms with Crippen molar-refractivity contribution < 1.29 is 16.8 Å². The van der Waals surface area contributed by atoms with Crippen LogP contribution in [0.2, 0.25) is 0 Å². The number of nitrogens with zero attached hydrogens (tertiary/aromatic N) is 1. The van der Waals surface area contributed by atoms with Crippen LogP contribution in [0.5, 0.6) is 0 Å². The Morgan fingerprint density at radius 1 is 1.27 bits per heavy atom. The molecule has 0 amide bonds. The van der Waals surface area contributed by atoms with Gasteiger partial charge in [0.15, 0.2) is 14.9 Å². The van der Waals surface area contributed by atoms with Gasteiger partial charge in [0.05, 0.1) is 0 Å². The van der Waals surface area contributed by atoms with Gasteiger partial charge in [0, 0.05) is 25.0 Å². The smallest absolute Gasteiger partial charge is 0.242 e. The van der Waals surface area contributed by atoms with Crippen LogP contribution in [0.3, 0.4) is 0 Å². The molecule has 2 rings (SSSR count). The summed E-state index contributed by atoms with van der Waals surface area (Å²) >= 11 is 0. The molecule has 2 N–H and O–H groups in total. The molecule has 10 heteroatoms. The molecule has 1 aromatic rings. The molecule has 1 aromatic heterocycles. The lowest BCUT2D eigenvalue weighted by Gasteiger charge is -2.29. The van der Waals surface area contributed by atoms with Crippen LogP contribution >= 0.6 is 12.4 Å². The van der Waals surface area contributed by atoms with E-state index in [0.717, 1.165) is 25.4 Å². The van der Waals surface area contributed by atoms with E-state index in [1.807, 2.05) is 6.92 Å². The van der Waals surface area contributed by atoms with Crippen LogP contribution in [0, 0.1) is 5.92 Å². The van der Waals surface area contributed by atoms with Crippen molar-refractivity contribution in [3.05, 3.63) is 18.3 Å². The fraction of sp³-hybridized carbons (Fsp3) is 0.583. The van der Waals surface area contributed by atoms with Crippen LogP contribution in [-0.4, -0.2) is 47.2 Å². The monoisotopic (exact) mass is 369 g/mol. The summed E-state index contributed by atoms with van der Waals surface area (Å²) < 4.78 is 49.8. The lowest BCUT2D eigenvalue weighted by molar-refractivity contribution is 0.327. The number of aromatic nitrogens is 1. The van der Waals surface area contributed by atoms with E-state index in [1.54, 1.807) is 0 Å². The lowest BCUT2D eigenvalue weighted by Crippen LogP contribution is -2.50. The Bertz CT molecular complexity index is 704. The standard InChI is InChI=1S/C12H19N3O4S2.ClH/c1-9-5-6-13-8-11(9)15-21(18,19)10-3-4-12(14-7-10)20(2,16)17;/h3-4,7,9,11,13,15H,5-6,8H2,1-2H3;1H. The van der Waals surface area contributed by atoms with Gasteiger partial charge in [0.25, 0.3) is 0 Å². The predicted octanol–water partition coefficient (Wildman–Crippen LogP) is 0.183. The first-order chi connectivity index (χ1) is 9.70. The van der Waals surface area contributed by atoms with Crippen LogP contribution in [0.4, 0.5) is 0 Å². The minimum atomic E-state index is -3.70. The van der Waals surface area contributed by atoms with Crippen molar-refractivity contribution in [1.29, 1.82) is 0 Å². The molecule has 2 atom stereocenters. The summed E-state index contributed by atoms with van der Waals surface area (Å²) in [6.45, 7) is 3.46. The van der Waals surface area contributed by atoms with Crippen molar-refractivity contribution >= 4 is 32.3 Å². The summed E-state index contributed by atoms with van der Waals surface area (Å²) in [4.78, 5) is 3.67. The van der Waals surface area contributed by atoms with Gasteiger partial charge in [-0.2, -0.15) is 0 Å². The second-order valence-electron chi connectivity index (χ2n) is 5.30. The summed E-state index contributed by atoms with van der Waals surface area (Å²) in [7, 11) is -7.14. The van der Waals surface area contributed by atoms with Crippen LogP contribution < -0.4 is 10.0 Å². The number of pyridine rings is 1. The van der Waals surface area contributed by atoms with Crippen LogP contribution in [0.25, 0.3) is 0 Å². The quantitative estimate of drug-likeness (QED) is 0.784. The Hall–Kier alpha value is -0.740. The van der Waals surface area contributed by atoms with E-state index in [1.165, 1.54) is 12.1 Å². The second-order valence-corrected chi connectivity index (χ2v) is 8.98. The Balaban J connectivity index is 0.00000242. The normalized spacial score (nSPS) is 22.8. The second kappa shape index (κ2) is 7.22. The van der Waals surface area contributed by atoms with Crippen molar-refractivity contribution in [1.82, 2.24) is 15.0 Å². The average Bonchev–Trinajstić information content (AvgIpc) is 2.40. The topological polar surface area (TPSA) is 105 Å².